The first kappa shape index (κ1) is 29.9. The highest BCUT2D eigenvalue weighted by molar-refractivity contribution is 6.42. The number of halogens is 5. The summed E-state index contributed by atoms with van der Waals surface area (Å²) in [7, 11) is 0. The number of amides is 4. The quantitative estimate of drug-likeness (QED) is 0.167. The van der Waals surface area contributed by atoms with Crippen LogP contribution in [-0.2, 0) is 22.4 Å². The average molecular weight is 629 g/mol. The summed E-state index contributed by atoms with van der Waals surface area (Å²) in [5.74, 6) is -1.79. The Kier molecular flexibility index (Phi) is 8.34. The van der Waals surface area contributed by atoms with Gasteiger partial charge in [0.15, 0.2) is 11.5 Å². The first-order valence-electron chi connectivity index (χ1n) is 12.8. The molecule has 12 heteroatoms. The van der Waals surface area contributed by atoms with Crippen LogP contribution in [0.4, 0.5) is 23.7 Å². The first-order chi connectivity index (χ1) is 20.5. The molecule has 0 spiro atoms. The van der Waals surface area contributed by atoms with E-state index < -0.39 is 40.8 Å². The number of alkyl halides is 3. The normalized spacial score (nSPS) is 14.8. The molecule has 1 aliphatic heterocycles. The standard InChI is InChI=1S/C31H21Cl2F3N2O5/c1-2-42-26-14-17(13-24(33)27(26)43-16-19-8-5-7-18-6-3-4-9-21(18)19)12-22-28(39)37-30(41)38(29(22)40)25-15-20(31(34,35)36)10-11-23(25)32/h3-15H,2,16H2,1H3,(H,37,39,41)/b22-12-. The second kappa shape index (κ2) is 12.0. The number of hydrogen-bond acceptors (Lipinski definition) is 5. The second-order valence-electron chi connectivity index (χ2n) is 9.31. The highest BCUT2D eigenvalue weighted by atomic mass is 35.5. The highest BCUT2D eigenvalue weighted by Crippen LogP contribution is 2.39. The molecule has 1 saturated heterocycles. The summed E-state index contributed by atoms with van der Waals surface area (Å²) in [5, 5.41) is 3.80. The summed E-state index contributed by atoms with van der Waals surface area (Å²) in [6, 6.07) is 17.5. The van der Waals surface area contributed by atoms with Crippen molar-refractivity contribution in [1.29, 1.82) is 0 Å². The molecule has 0 unspecified atom stereocenters. The molecule has 4 aromatic carbocycles. The van der Waals surface area contributed by atoms with Crippen LogP contribution in [0.15, 0.2) is 78.4 Å². The number of carbonyl (C=O) groups is 3. The lowest BCUT2D eigenvalue weighted by Crippen LogP contribution is -2.54. The van der Waals surface area contributed by atoms with Gasteiger partial charge in [0, 0.05) is 0 Å². The molecular weight excluding hydrogens is 608 g/mol. The van der Waals surface area contributed by atoms with E-state index in [9.17, 15) is 27.6 Å². The molecule has 7 nitrogen and oxygen atoms in total. The SMILES string of the molecule is CCOc1cc(/C=C2/C(=O)NC(=O)N(c3cc(C(F)(F)F)ccc3Cl)C2=O)cc(Cl)c1OCc1cccc2ccccc12. The molecule has 1 aliphatic rings. The molecule has 1 fully saturated rings. The Morgan fingerprint density at radius 1 is 0.907 bits per heavy atom. The lowest BCUT2D eigenvalue weighted by Gasteiger charge is -2.27. The van der Waals surface area contributed by atoms with Gasteiger partial charge in [0.25, 0.3) is 11.8 Å². The van der Waals surface area contributed by atoms with Crippen LogP contribution in [0.1, 0.15) is 23.6 Å². The van der Waals surface area contributed by atoms with Crippen molar-refractivity contribution in [2.75, 3.05) is 11.5 Å². The molecule has 220 valence electrons. The van der Waals surface area contributed by atoms with Gasteiger partial charge in [-0.1, -0.05) is 65.7 Å². The van der Waals surface area contributed by atoms with Crippen LogP contribution in [0.25, 0.3) is 16.8 Å². The molecule has 43 heavy (non-hydrogen) atoms. The Morgan fingerprint density at radius 2 is 1.65 bits per heavy atom. The number of imide groups is 2. The van der Waals surface area contributed by atoms with Gasteiger partial charge >= 0.3 is 12.2 Å². The highest BCUT2D eigenvalue weighted by Gasteiger charge is 2.39. The Morgan fingerprint density at radius 3 is 2.40 bits per heavy atom. The maximum Gasteiger partial charge on any atom is 0.416 e. The van der Waals surface area contributed by atoms with E-state index in [1.54, 1.807) is 6.92 Å². The number of barbiturate groups is 1. The minimum absolute atomic E-state index is 0.107. The zero-order valence-electron chi connectivity index (χ0n) is 22.3. The fourth-order valence-corrected chi connectivity index (χ4v) is 5.02. The smallest absolute Gasteiger partial charge is 0.416 e. The molecular formula is C31H21Cl2F3N2O5. The fourth-order valence-electron chi connectivity index (χ4n) is 4.55. The number of nitrogens with zero attached hydrogens (tertiary/aromatic N) is 1. The summed E-state index contributed by atoms with van der Waals surface area (Å²) in [4.78, 5) is 39.0. The Labute approximate surface area is 253 Å². The molecule has 0 saturated carbocycles. The first-order valence-corrected chi connectivity index (χ1v) is 13.6. The molecule has 0 radical (unpaired) electrons. The van der Waals surface area contributed by atoms with Crippen LogP contribution in [0.5, 0.6) is 11.5 Å². The van der Waals surface area contributed by atoms with Gasteiger partial charge in [0.05, 0.1) is 27.9 Å². The van der Waals surface area contributed by atoms with Crippen LogP contribution in [0.3, 0.4) is 0 Å². The molecule has 4 aromatic rings. The number of nitrogens with one attached hydrogen (secondary N) is 1. The molecule has 0 atom stereocenters. The molecule has 5 rings (SSSR count). The van der Waals surface area contributed by atoms with E-state index in [0.29, 0.717) is 17.0 Å². The number of fused-ring (bicyclic) bond motifs is 1. The van der Waals surface area contributed by atoms with Crippen LogP contribution in [0, 0.1) is 0 Å². The van der Waals surface area contributed by atoms with Gasteiger partial charge in [-0.3, -0.25) is 14.9 Å². The molecule has 1 heterocycles. The van der Waals surface area contributed by atoms with E-state index in [-0.39, 0.29) is 40.3 Å². The molecule has 0 aliphatic carbocycles. The van der Waals surface area contributed by atoms with Crippen molar-refractivity contribution in [3.8, 4) is 11.5 Å². The van der Waals surface area contributed by atoms with Crippen LogP contribution in [0.2, 0.25) is 10.0 Å². The number of anilines is 1. The Bertz CT molecular complexity index is 1800. The van der Waals surface area contributed by atoms with Crippen molar-refractivity contribution >= 4 is 63.6 Å². The van der Waals surface area contributed by atoms with Gasteiger partial charge < -0.3 is 9.47 Å². The van der Waals surface area contributed by atoms with Crippen molar-refractivity contribution in [1.82, 2.24) is 5.32 Å². The maximum absolute atomic E-state index is 13.3. The van der Waals surface area contributed by atoms with E-state index >= 15 is 0 Å². The predicted molar refractivity (Wildman–Crippen MR) is 156 cm³/mol. The summed E-state index contributed by atoms with van der Waals surface area (Å²) >= 11 is 12.6. The Balaban J connectivity index is 1.48. The summed E-state index contributed by atoms with van der Waals surface area (Å²) in [6.07, 6.45) is -3.63. The summed E-state index contributed by atoms with van der Waals surface area (Å²) < 4.78 is 51.8. The molecule has 4 amide bonds. The topological polar surface area (TPSA) is 84.9 Å². The van der Waals surface area contributed by atoms with E-state index in [1.807, 2.05) is 47.8 Å². The average Bonchev–Trinajstić information content (AvgIpc) is 2.95. The van der Waals surface area contributed by atoms with E-state index in [0.717, 1.165) is 28.5 Å². The largest absolute Gasteiger partial charge is 0.490 e. The third-order valence-electron chi connectivity index (χ3n) is 6.51. The lowest BCUT2D eigenvalue weighted by atomic mass is 10.0. The van der Waals surface area contributed by atoms with Crippen molar-refractivity contribution in [2.45, 2.75) is 19.7 Å². The van der Waals surface area contributed by atoms with Gasteiger partial charge in [-0.25, -0.2) is 9.69 Å². The maximum atomic E-state index is 13.3. The van der Waals surface area contributed by atoms with Gasteiger partial charge in [0.2, 0.25) is 0 Å². The predicted octanol–water partition coefficient (Wildman–Crippen LogP) is 7.81. The zero-order chi connectivity index (χ0) is 30.9. The van der Waals surface area contributed by atoms with Crippen molar-refractivity contribution < 1.29 is 37.0 Å². The van der Waals surface area contributed by atoms with Crippen LogP contribution >= 0.6 is 23.2 Å². The van der Waals surface area contributed by atoms with Gasteiger partial charge in [0.1, 0.15) is 12.2 Å². The summed E-state index contributed by atoms with van der Waals surface area (Å²) in [5.41, 5.74) is -1.08. The number of ether oxygens (including phenoxy) is 2. The molecule has 0 aromatic heterocycles. The van der Waals surface area contributed by atoms with E-state index in [1.165, 1.54) is 12.1 Å². The van der Waals surface area contributed by atoms with Gasteiger partial charge in [-0.05, 0) is 65.2 Å². The monoisotopic (exact) mass is 628 g/mol. The minimum Gasteiger partial charge on any atom is -0.490 e. The third-order valence-corrected chi connectivity index (χ3v) is 7.11. The lowest BCUT2D eigenvalue weighted by molar-refractivity contribution is -0.137. The van der Waals surface area contributed by atoms with E-state index in [4.69, 9.17) is 32.7 Å². The second-order valence-corrected chi connectivity index (χ2v) is 10.1. The minimum atomic E-state index is -4.77. The van der Waals surface area contributed by atoms with Crippen molar-refractivity contribution in [2.24, 2.45) is 0 Å². The fraction of sp³-hybridized carbons (Fsp3) is 0.129. The molecule has 0 bridgehead atoms. The number of hydrogen-bond donors (Lipinski definition) is 1. The number of urea groups is 1. The number of rotatable bonds is 7. The third kappa shape index (κ3) is 6.16. The van der Waals surface area contributed by atoms with Crippen molar-refractivity contribution in [3.63, 3.8) is 0 Å². The van der Waals surface area contributed by atoms with Gasteiger partial charge in [-0.15, -0.1) is 0 Å². The van der Waals surface area contributed by atoms with Gasteiger partial charge in [-0.2, -0.15) is 13.2 Å². The number of carbonyl (C=O) groups excluding carboxylic acids is 3. The van der Waals surface area contributed by atoms with Crippen LogP contribution in [-0.4, -0.2) is 24.5 Å². The summed E-state index contributed by atoms with van der Waals surface area (Å²) in [6.45, 7) is 2.14. The zero-order valence-corrected chi connectivity index (χ0v) is 23.8. The van der Waals surface area contributed by atoms with Crippen LogP contribution < -0.4 is 19.7 Å². The van der Waals surface area contributed by atoms with E-state index in [2.05, 4.69) is 0 Å². The molecule has 1 N–H and O–H groups in total. The Hall–Kier alpha value is -4.54. The van der Waals surface area contributed by atoms with Crippen molar-refractivity contribution in [3.05, 3.63) is 105 Å². The number of benzene rings is 4.